The fourth-order valence-corrected chi connectivity index (χ4v) is 3.21. The van der Waals surface area contributed by atoms with Crippen molar-refractivity contribution in [2.75, 3.05) is 11.6 Å². The molecular weight excluding hydrogens is 307 g/mol. The van der Waals surface area contributed by atoms with E-state index in [0.29, 0.717) is 10.2 Å². The molecule has 0 fully saturated rings. The fraction of sp³-hybridized carbons (Fsp3) is 0.0714. The van der Waals surface area contributed by atoms with Crippen molar-refractivity contribution in [1.82, 2.24) is 9.97 Å². The van der Waals surface area contributed by atoms with E-state index in [-0.39, 0.29) is 11.3 Å². The van der Waals surface area contributed by atoms with E-state index < -0.39 is 5.82 Å². The normalized spacial score (nSPS) is 15.1. The predicted molar refractivity (Wildman–Crippen MR) is 82.2 cm³/mol. The number of nitrogens with one attached hydrogen (secondary N) is 1. The van der Waals surface area contributed by atoms with Gasteiger partial charge >= 0.3 is 0 Å². The van der Waals surface area contributed by atoms with E-state index in [4.69, 9.17) is 0 Å². The number of nitriles is 1. The number of nitrogens with zero attached hydrogens (tertiary/aromatic N) is 3. The summed E-state index contributed by atoms with van der Waals surface area (Å²) in [6, 6.07) is 9.72. The molecule has 0 atom stereocenters. The molecule has 1 aliphatic heterocycles. The Morgan fingerprint density at radius 2 is 2.24 bits per heavy atom. The molecule has 0 radical (unpaired) electrons. The Balaban J connectivity index is 2.09. The monoisotopic (exact) mass is 316 g/mol. The number of rotatable bonds is 2. The third-order valence-corrected chi connectivity index (χ3v) is 4.48. The van der Waals surface area contributed by atoms with Crippen LogP contribution in [0.15, 0.2) is 45.5 Å². The second kappa shape index (κ2) is 5.76. The van der Waals surface area contributed by atoms with Gasteiger partial charge in [0.05, 0.1) is 16.9 Å². The summed E-state index contributed by atoms with van der Waals surface area (Å²) < 4.78 is 14.0. The first kappa shape index (κ1) is 13.9. The zero-order chi connectivity index (χ0) is 14.8. The third kappa shape index (κ3) is 2.60. The maximum atomic E-state index is 14.0. The number of anilines is 1. The van der Waals surface area contributed by atoms with Gasteiger partial charge in [0, 0.05) is 4.90 Å². The number of fused-ring (bicyclic) bond motifs is 1. The minimum atomic E-state index is -0.602. The van der Waals surface area contributed by atoms with Crippen LogP contribution >= 0.6 is 23.5 Å². The van der Waals surface area contributed by atoms with Crippen molar-refractivity contribution in [3.63, 3.8) is 0 Å². The standard InChI is InChI=1S/C14H9FN4S2/c1-20-14-17-7-9(15)12(19-14)8(6-16)13-18-10-4-2-3-5-11(10)21-13/h2-5,7,18H,1H3. The molecule has 7 heteroatoms. The molecule has 1 aromatic carbocycles. The van der Waals surface area contributed by atoms with Crippen LogP contribution in [0.5, 0.6) is 0 Å². The van der Waals surface area contributed by atoms with Crippen LogP contribution in [0.2, 0.25) is 0 Å². The minimum Gasteiger partial charge on any atom is -0.348 e. The molecule has 104 valence electrons. The second-order valence-corrected chi connectivity index (χ2v) is 5.92. The molecular formula is C14H9FN4S2. The van der Waals surface area contributed by atoms with Crippen LogP contribution in [0.4, 0.5) is 10.1 Å². The minimum absolute atomic E-state index is 0.0275. The van der Waals surface area contributed by atoms with Gasteiger partial charge in [-0.1, -0.05) is 35.7 Å². The highest BCUT2D eigenvalue weighted by Gasteiger charge is 2.23. The molecule has 0 spiro atoms. The van der Waals surface area contributed by atoms with E-state index in [1.807, 2.05) is 30.3 Å². The van der Waals surface area contributed by atoms with Gasteiger partial charge in [0.1, 0.15) is 17.3 Å². The molecule has 0 amide bonds. The average Bonchev–Trinajstić information content (AvgIpc) is 2.93. The summed E-state index contributed by atoms with van der Waals surface area (Å²) in [6.45, 7) is 0. The van der Waals surface area contributed by atoms with Crippen LogP contribution in [0.25, 0.3) is 5.57 Å². The van der Waals surface area contributed by atoms with Gasteiger partial charge in [-0.25, -0.2) is 14.4 Å². The molecule has 1 aromatic heterocycles. The molecule has 0 saturated carbocycles. The van der Waals surface area contributed by atoms with Crippen molar-refractivity contribution in [2.45, 2.75) is 10.1 Å². The van der Waals surface area contributed by atoms with Crippen LogP contribution in [0.1, 0.15) is 5.69 Å². The molecule has 0 unspecified atom stereocenters. The van der Waals surface area contributed by atoms with Crippen molar-refractivity contribution in [3.05, 3.63) is 47.0 Å². The lowest BCUT2D eigenvalue weighted by Crippen LogP contribution is -2.01. The van der Waals surface area contributed by atoms with Crippen molar-refractivity contribution < 1.29 is 4.39 Å². The molecule has 4 nitrogen and oxygen atoms in total. The molecule has 0 aliphatic carbocycles. The summed E-state index contributed by atoms with van der Waals surface area (Å²) >= 11 is 2.70. The molecule has 1 N–H and O–H groups in total. The number of para-hydroxylation sites is 1. The highest BCUT2D eigenvalue weighted by Crippen LogP contribution is 2.43. The van der Waals surface area contributed by atoms with Crippen LogP contribution in [-0.2, 0) is 0 Å². The molecule has 21 heavy (non-hydrogen) atoms. The van der Waals surface area contributed by atoms with E-state index >= 15 is 0 Å². The van der Waals surface area contributed by atoms with Gasteiger partial charge in [-0.15, -0.1) is 0 Å². The SMILES string of the molecule is CSc1ncc(F)c(C(C#N)=C2Nc3ccccc3S2)n1. The summed E-state index contributed by atoms with van der Waals surface area (Å²) in [7, 11) is 0. The van der Waals surface area contributed by atoms with Gasteiger partial charge in [0.15, 0.2) is 11.0 Å². The van der Waals surface area contributed by atoms with Crippen LogP contribution in [0, 0.1) is 17.1 Å². The number of aromatic nitrogens is 2. The topological polar surface area (TPSA) is 61.6 Å². The molecule has 3 rings (SSSR count). The highest BCUT2D eigenvalue weighted by atomic mass is 32.2. The Morgan fingerprint density at radius 1 is 1.43 bits per heavy atom. The maximum Gasteiger partial charge on any atom is 0.188 e. The lowest BCUT2D eigenvalue weighted by atomic mass is 10.2. The Hall–Kier alpha value is -2.04. The fourth-order valence-electron chi connectivity index (χ4n) is 1.87. The summed E-state index contributed by atoms with van der Waals surface area (Å²) in [5, 5.41) is 13.6. The van der Waals surface area contributed by atoms with Crippen molar-refractivity contribution in [3.8, 4) is 6.07 Å². The van der Waals surface area contributed by atoms with Gasteiger partial charge in [-0.2, -0.15) is 5.26 Å². The molecule has 2 heterocycles. The van der Waals surface area contributed by atoms with E-state index in [1.54, 1.807) is 6.26 Å². The predicted octanol–water partition coefficient (Wildman–Crippen LogP) is 3.75. The summed E-state index contributed by atoms with van der Waals surface area (Å²) in [5.74, 6) is -0.602. The van der Waals surface area contributed by atoms with Crippen LogP contribution in [0.3, 0.4) is 0 Å². The summed E-state index contributed by atoms with van der Waals surface area (Å²) in [6.07, 6.45) is 2.90. The number of thioether (sulfide) groups is 2. The number of allylic oxidation sites excluding steroid dienone is 1. The van der Waals surface area contributed by atoms with E-state index in [0.717, 1.165) is 16.8 Å². The first-order valence-corrected chi connectivity index (χ1v) is 8.02. The Morgan fingerprint density at radius 3 is 2.95 bits per heavy atom. The number of hydrogen-bond acceptors (Lipinski definition) is 6. The zero-order valence-corrected chi connectivity index (χ0v) is 12.6. The summed E-state index contributed by atoms with van der Waals surface area (Å²) in [5.41, 5.74) is 1.12. The van der Waals surface area contributed by atoms with E-state index in [2.05, 4.69) is 15.3 Å². The van der Waals surface area contributed by atoms with Crippen LogP contribution in [-0.4, -0.2) is 16.2 Å². The smallest absolute Gasteiger partial charge is 0.188 e. The second-order valence-electron chi connectivity index (χ2n) is 4.09. The lowest BCUT2D eigenvalue weighted by Gasteiger charge is -2.05. The van der Waals surface area contributed by atoms with Crippen molar-refractivity contribution in [1.29, 1.82) is 5.26 Å². The van der Waals surface area contributed by atoms with Crippen molar-refractivity contribution in [2.24, 2.45) is 0 Å². The van der Waals surface area contributed by atoms with Crippen LogP contribution < -0.4 is 5.32 Å². The largest absolute Gasteiger partial charge is 0.348 e. The number of benzene rings is 1. The van der Waals surface area contributed by atoms with E-state index in [9.17, 15) is 9.65 Å². The zero-order valence-electron chi connectivity index (χ0n) is 10.9. The van der Waals surface area contributed by atoms with Gasteiger partial charge in [0.2, 0.25) is 0 Å². The van der Waals surface area contributed by atoms with Crippen molar-refractivity contribution >= 4 is 34.8 Å². The maximum absolute atomic E-state index is 14.0. The Bertz CT molecular complexity index is 756. The average molecular weight is 316 g/mol. The van der Waals surface area contributed by atoms with Gasteiger partial charge < -0.3 is 5.32 Å². The number of hydrogen-bond donors (Lipinski definition) is 1. The van der Waals surface area contributed by atoms with Gasteiger partial charge in [0.25, 0.3) is 0 Å². The Kier molecular flexibility index (Phi) is 3.82. The molecule has 0 saturated heterocycles. The number of halogens is 1. The molecule has 1 aliphatic rings. The Labute approximate surface area is 129 Å². The molecule has 2 aromatic rings. The van der Waals surface area contributed by atoms with E-state index in [1.165, 1.54) is 23.5 Å². The highest BCUT2D eigenvalue weighted by molar-refractivity contribution is 8.04. The first-order chi connectivity index (χ1) is 10.2. The quantitative estimate of drug-likeness (QED) is 0.517. The molecule has 0 bridgehead atoms. The summed E-state index contributed by atoms with van der Waals surface area (Å²) in [4.78, 5) is 8.97. The van der Waals surface area contributed by atoms with Gasteiger partial charge in [-0.3, -0.25) is 0 Å². The van der Waals surface area contributed by atoms with Gasteiger partial charge in [-0.05, 0) is 18.4 Å². The lowest BCUT2D eigenvalue weighted by molar-refractivity contribution is 0.600. The first-order valence-electron chi connectivity index (χ1n) is 5.98. The third-order valence-electron chi connectivity index (χ3n) is 2.83.